The van der Waals surface area contributed by atoms with Crippen molar-refractivity contribution in [3.8, 4) is 11.4 Å². The maximum atomic E-state index is 11.6. The fourth-order valence-electron chi connectivity index (χ4n) is 3.43. The van der Waals surface area contributed by atoms with E-state index in [9.17, 15) is 4.79 Å². The van der Waals surface area contributed by atoms with Crippen LogP contribution in [0.4, 0.5) is 5.82 Å². The van der Waals surface area contributed by atoms with Crippen molar-refractivity contribution in [1.82, 2.24) is 19.9 Å². The Morgan fingerprint density at radius 3 is 2.50 bits per heavy atom. The van der Waals surface area contributed by atoms with E-state index in [1.165, 1.54) is 5.56 Å². The predicted octanol–water partition coefficient (Wildman–Crippen LogP) is 3.23. The van der Waals surface area contributed by atoms with E-state index in [1.54, 1.807) is 24.8 Å². The van der Waals surface area contributed by atoms with Gasteiger partial charge in [0.2, 0.25) is 5.91 Å². The molecule has 1 atom stereocenters. The van der Waals surface area contributed by atoms with Gasteiger partial charge in [-0.3, -0.25) is 14.8 Å². The zero-order valence-electron chi connectivity index (χ0n) is 16.4. The van der Waals surface area contributed by atoms with Crippen molar-refractivity contribution in [3.63, 3.8) is 0 Å². The average molecular weight is 398 g/mol. The van der Waals surface area contributed by atoms with E-state index in [2.05, 4.69) is 32.4 Å². The number of carbonyl (C=O) groups excluding carboxylic acids is 1. The first-order valence-electron chi connectivity index (χ1n) is 9.77. The van der Waals surface area contributed by atoms with Crippen molar-refractivity contribution in [2.75, 3.05) is 11.9 Å². The SMILES string of the molecule is NC(=O)C[C@H](CNc1nc(-c2ccncc2)nc2cnccc12)Cc1ccccc1. The fourth-order valence-corrected chi connectivity index (χ4v) is 3.43. The summed E-state index contributed by atoms with van der Waals surface area (Å²) in [7, 11) is 0. The number of amides is 1. The van der Waals surface area contributed by atoms with Crippen molar-refractivity contribution in [3.05, 3.63) is 78.9 Å². The number of nitrogens with zero attached hydrogens (tertiary/aromatic N) is 4. The molecule has 7 nitrogen and oxygen atoms in total. The second kappa shape index (κ2) is 9.09. The van der Waals surface area contributed by atoms with Crippen LogP contribution in [0.5, 0.6) is 0 Å². The molecule has 0 saturated heterocycles. The molecule has 1 amide bonds. The fraction of sp³-hybridized carbons (Fsp3) is 0.174. The number of nitrogens with one attached hydrogen (secondary N) is 1. The summed E-state index contributed by atoms with van der Waals surface area (Å²) < 4.78 is 0. The maximum absolute atomic E-state index is 11.6. The van der Waals surface area contributed by atoms with E-state index < -0.39 is 0 Å². The summed E-state index contributed by atoms with van der Waals surface area (Å²) in [5.41, 5.74) is 8.29. The van der Waals surface area contributed by atoms with Crippen molar-refractivity contribution in [1.29, 1.82) is 0 Å². The van der Waals surface area contributed by atoms with E-state index in [0.717, 1.165) is 22.9 Å². The monoisotopic (exact) mass is 398 g/mol. The molecule has 0 aliphatic carbocycles. The lowest BCUT2D eigenvalue weighted by atomic mass is 9.96. The van der Waals surface area contributed by atoms with Crippen molar-refractivity contribution in [2.45, 2.75) is 12.8 Å². The van der Waals surface area contributed by atoms with Gasteiger partial charge in [0.15, 0.2) is 5.82 Å². The summed E-state index contributed by atoms with van der Waals surface area (Å²) in [6.45, 7) is 0.558. The molecule has 0 bridgehead atoms. The number of aromatic nitrogens is 4. The number of primary amides is 1. The van der Waals surface area contributed by atoms with Gasteiger partial charge in [0.05, 0.1) is 11.7 Å². The Labute approximate surface area is 174 Å². The zero-order chi connectivity index (χ0) is 20.8. The number of benzene rings is 1. The highest BCUT2D eigenvalue weighted by atomic mass is 16.1. The molecule has 0 aliphatic heterocycles. The third-order valence-electron chi connectivity index (χ3n) is 4.85. The first-order chi connectivity index (χ1) is 14.7. The summed E-state index contributed by atoms with van der Waals surface area (Å²) in [5, 5.41) is 4.30. The Hall–Kier alpha value is -3.87. The Morgan fingerprint density at radius 2 is 1.73 bits per heavy atom. The summed E-state index contributed by atoms with van der Waals surface area (Å²) in [6, 6.07) is 15.7. The first-order valence-corrected chi connectivity index (χ1v) is 9.77. The molecule has 0 aliphatic rings. The van der Waals surface area contributed by atoms with Gasteiger partial charge in [-0.1, -0.05) is 30.3 Å². The van der Waals surface area contributed by atoms with Crippen LogP contribution in [0.3, 0.4) is 0 Å². The standard InChI is InChI=1S/C23H22N6O/c24-21(30)13-17(12-16-4-2-1-3-5-16)14-27-23-19-8-11-26-15-20(19)28-22(29-23)18-6-9-25-10-7-18/h1-11,15,17H,12-14H2,(H2,24,30)(H,27,28,29)/t17-/m1/s1. The van der Waals surface area contributed by atoms with Gasteiger partial charge >= 0.3 is 0 Å². The third-order valence-corrected chi connectivity index (χ3v) is 4.85. The quantitative estimate of drug-likeness (QED) is 0.472. The van der Waals surface area contributed by atoms with Crippen LogP contribution in [0.25, 0.3) is 22.3 Å². The number of hydrogen-bond donors (Lipinski definition) is 2. The number of fused-ring (bicyclic) bond motifs is 1. The molecule has 30 heavy (non-hydrogen) atoms. The molecular formula is C23H22N6O. The van der Waals surface area contributed by atoms with Crippen LogP contribution in [-0.2, 0) is 11.2 Å². The number of rotatable bonds is 8. The van der Waals surface area contributed by atoms with Gasteiger partial charge in [-0.05, 0) is 36.1 Å². The summed E-state index contributed by atoms with van der Waals surface area (Å²) >= 11 is 0. The largest absolute Gasteiger partial charge is 0.370 e. The smallest absolute Gasteiger partial charge is 0.217 e. The normalized spacial score (nSPS) is 11.9. The number of carbonyl (C=O) groups is 1. The second-order valence-electron chi connectivity index (χ2n) is 7.13. The number of pyridine rings is 2. The zero-order valence-corrected chi connectivity index (χ0v) is 16.4. The Bertz CT molecular complexity index is 1130. The summed E-state index contributed by atoms with van der Waals surface area (Å²) in [5.74, 6) is 1.03. The molecule has 1 aromatic carbocycles. The number of hydrogen-bond acceptors (Lipinski definition) is 6. The molecule has 3 aromatic heterocycles. The highest BCUT2D eigenvalue weighted by molar-refractivity contribution is 5.89. The van der Waals surface area contributed by atoms with Crippen LogP contribution in [0, 0.1) is 5.92 Å². The van der Waals surface area contributed by atoms with Crippen molar-refractivity contribution >= 4 is 22.6 Å². The second-order valence-corrected chi connectivity index (χ2v) is 7.13. The lowest BCUT2D eigenvalue weighted by Gasteiger charge is -2.18. The number of nitrogens with two attached hydrogens (primary N) is 1. The van der Waals surface area contributed by atoms with Gasteiger partial charge in [0.1, 0.15) is 5.82 Å². The van der Waals surface area contributed by atoms with E-state index >= 15 is 0 Å². The molecule has 4 aromatic rings. The summed E-state index contributed by atoms with van der Waals surface area (Å²) in [4.78, 5) is 29.2. The molecule has 0 radical (unpaired) electrons. The minimum absolute atomic E-state index is 0.0427. The average Bonchev–Trinajstić information content (AvgIpc) is 2.78. The van der Waals surface area contributed by atoms with Gasteiger partial charge in [0, 0.05) is 42.5 Å². The minimum Gasteiger partial charge on any atom is -0.370 e. The minimum atomic E-state index is -0.313. The van der Waals surface area contributed by atoms with Crippen molar-refractivity contribution in [2.24, 2.45) is 11.7 Å². The first kappa shape index (κ1) is 19.4. The molecule has 7 heteroatoms. The van der Waals surface area contributed by atoms with Crippen LogP contribution in [0.15, 0.2) is 73.3 Å². The molecule has 0 fully saturated rings. The van der Waals surface area contributed by atoms with Crippen LogP contribution in [-0.4, -0.2) is 32.4 Å². The maximum Gasteiger partial charge on any atom is 0.217 e. The topological polar surface area (TPSA) is 107 Å². The molecule has 4 rings (SSSR count). The highest BCUT2D eigenvalue weighted by Crippen LogP contribution is 2.24. The Morgan fingerprint density at radius 1 is 0.967 bits per heavy atom. The van der Waals surface area contributed by atoms with E-state index in [0.29, 0.717) is 24.6 Å². The Balaban J connectivity index is 1.62. The lowest BCUT2D eigenvalue weighted by Crippen LogP contribution is -2.24. The van der Waals surface area contributed by atoms with Gasteiger partial charge < -0.3 is 11.1 Å². The molecule has 0 spiro atoms. The van der Waals surface area contributed by atoms with Crippen LogP contribution < -0.4 is 11.1 Å². The van der Waals surface area contributed by atoms with E-state index in [4.69, 9.17) is 10.7 Å². The lowest BCUT2D eigenvalue weighted by molar-refractivity contribution is -0.118. The van der Waals surface area contributed by atoms with Gasteiger partial charge in [0.25, 0.3) is 0 Å². The van der Waals surface area contributed by atoms with E-state index in [-0.39, 0.29) is 11.8 Å². The van der Waals surface area contributed by atoms with Crippen LogP contribution in [0.1, 0.15) is 12.0 Å². The number of anilines is 1. The van der Waals surface area contributed by atoms with Gasteiger partial charge in [-0.2, -0.15) is 0 Å². The molecular weight excluding hydrogens is 376 g/mol. The van der Waals surface area contributed by atoms with Crippen LogP contribution in [0.2, 0.25) is 0 Å². The molecule has 150 valence electrons. The Kier molecular flexibility index (Phi) is 5.89. The van der Waals surface area contributed by atoms with Crippen LogP contribution >= 0.6 is 0 Å². The summed E-state index contributed by atoms with van der Waals surface area (Å²) in [6.07, 6.45) is 7.90. The van der Waals surface area contributed by atoms with Crippen molar-refractivity contribution < 1.29 is 4.79 Å². The van der Waals surface area contributed by atoms with Gasteiger partial charge in [-0.25, -0.2) is 9.97 Å². The molecule has 3 N–H and O–H groups in total. The third kappa shape index (κ3) is 4.75. The van der Waals surface area contributed by atoms with E-state index in [1.807, 2.05) is 36.4 Å². The highest BCUT2D eigenvalue weighted by Gasteiger charge is 2.15. The molecule has 3 heterocycles. The molecule has 0 saturated carbocycles. The predicted molar refractivity (Wildman–Crippen MR) is 117 cm³/mol. The molecule has 0 unspecified atom stereocenters. The van der Waals surface area contributed by atoms with Gasteiger partial charge in [-0.15, -0.1) is 0 Å².